The van der Waals surface area contributed by atoms with Gasteiger partial charge in [-0.15, -0.1) is 0 Å². The molecule has 0 saturated carbocycles. The van der Waals surface area contributed by atoms with E-state index < -0.39 is 5.60 Å². The standard InChI is InChI=1S/C26H31FN2O6/c1-32-23-5-3-2-4-20(23)16-24(30)29-12-15-35-26(18-29,17-25(31)28-10-13-33-14-11-28)19-34-22-8-6-21(27)7-9-22/h2-9H,10-19H2,1H3/t26-/m0/s1. The van der Waals surface area contributed by atoms with E-state index in [1.165, 1.54) is 24.3 Å². The van der Waals surface area contributed by atoms with Crippen molar-refractivity contribution >= 4 is 11.8 Å². The third kappa shape index (κ3) is 6.49. The predicted octanol–water partition coefficient (Wildman–Crippen LogP) is 2.30. The van der Waals surface area contributed by atoms with E-state index in [0.717, 1.165) is 5.56 Å². The first-order chi connectivity index (χ1) is 17.0. The third-order valence-electron chi connectivity index (χ3n) is 6.29. The van der Waals surface area contributed by atoms with Crippen molar-refractivity contribution in [2.24, 2.45) is 0 Å². The molecule has 0 aromatic heterocycles. The topological polar surface area (TPSA) is 77.5 Å². The van der Waals surface area contributed by atoms with Crippen LogP contribution in [-0.2, 0) is 25.5 Å². The van der Waals surface area contributed by atoms with Crippen LogP contribution in [0.5, 0.6) is 11.5 Å². The summed E-state index contributed by atoms with van der Waals surface area (Å²) in [5.41, 5.74) is -0.234. The Bertz CT molecular complexity index is 1010. The Morgan fingerprint density at radius 2 is 1.69 bits per heavy atom. The van der Waals surface area contributed by atoms with Gasteiger partial charge >= 0.3 is 0 Å². The summed E-state index contributed by atoms with van der Waals surface area (Å²) in [6, 6.07) is 13.1. The lowest BCUT2D eigenvalue weighted by Gasteiger charge is -2.43. The second kappa shape index (κ2) is 11.5. The molecule has 0 aliphatic carbocycles. The molecule has 2 aromatic rings. The maximum Gasteiger partial charge on any atom is 0.227 e. The van der Waals surface area contributed by atoms with Gasteiger partial charge in [-0.2, -0.15) is 0 Å². The average molecular weight is 487 g/mol. The van der Waals surface area contributed by atoms with Gasteiger partial charge in [0.15, 0.2) is 0 Å². The van der Waals surface area contributed by atoms with Crippen molar-refractivity contribution in [3.05, 3.63) is 59.9 Å². The molecule has 4 rings (SSSR count). The fourth-order valence-corrected chi connectivity index (χ4v) is 4.37. The maximum absolute atomic E-state index is 13.3. The van der Waals surface area contributed by atoms with E-state index in [1.54, 1.807) is 16.9 Å². The van der Waals surface area contributed by atoms with Gasteiger partial charge in [-0.3, -0.25) is 9.59 Å². The largest absolute Gasteiger partial charge is 0.496 e. The van der Waals surface area contributed by atoms with Gasteiger partial charge in [-0.05, 0) is 30.3 Å². The Labute approximate surface area is 204 Å². The number of morpholine rings is 2. The molecule has 2 aliphatic heterocycles. The first kappa shape index (κ1) is 24.9. The van der Waals surface area contributed by atoms with Crippen LogP contribution in [0.3, 0.4) is 0 Å². The Kier molecular flexibility index (Phi) is 8.20. The molecule has 2 fully saturated rings. The molecule has 8 nitrogen and oxygen atoms in total. The zero-order valence-electron chi connectivity index (χ0n) is 19.9. The van der Waals surface area contributed by atoms with Crippen molar-refractivity contribution in [2.75, 3.05) is 59.7 Å². The molecule has 188 valence electrons. The molecule has 0 N–H and O–H groups in total. The molecular weight excluding hydrogens is 455 g/mol. The van der Waals surface area contributed by atoms with Crippen LogP contribution in [0.2, 0.25) is 0 Å². The van der Waals surface area contributed by atoms with E-state index in [1.807, 2.05) is 24.3 Å². The number of hydrogen-bond donors (Lipinski definition) is 0. The number of halogens is 1. The first-order valence-corrected chi connectivity index (χ1v) is 11.8. The van der Waals surface area contributed by atoms with Crippen LogP contribution in [0.25, 0.3) is 0 Å². The van der Waals surface area contributed by atoms with E-state index in [-0.39, 0.29) is 50.2 Å². The van der Waals surface area contributed by atoms with Gasteiger partial charge in [0.1, 0.15) is 29.5 Å². The highest BCUT2D eigenvalue weighted by molar-refractivity contribution is 5.80. The maximum atomic E-state index is 13.3. The Balaban J connectivity index is 1.49. The van der Waals surface area contributed by atoms with Crippen LogP contribution in [0.15, 0.2) is 48.5 Å². The monoisotopic (exact) mass is 486 g/mol. The van der Waals surface area contributed by atoms with Crippen LogP contribution in [0, 0.1) is 5.82 Å². The molecule has 2 aliphatic rings. The summed E-state index contributed by atoms with van der Waals surface area (Å²) in [5.74, 6) is 0.600. The van der Waals surface area contributed by atoms with Crippen LogP contribution < -0.4 is 9.47 Å². The van der Waals surface area contributed by atoms with Crippen molar-refractivity contribution in [1.29, 1.82) is 0 Å². The summed E-state index contributed by atoms with van der Waals surface area (Å²) in [6.45, 7) is 2.98. The second-order valence-electron chi connectivity index (χ2n) is 8.75. The summed E-state index contributed by atoms with van der Waals surface area (Å²) in [4.78, 5) is 29.9. The number of methoxy groups -OCH3 is 1. The summed E-state index contributed by atoms with van der Waals surface area (Å²) < 4.78 is 36.1. The average Bonchev–Trinajstić information content (AvgIpc) is 2.89. The minimum Gasteiger partial charge on any atom is -0.496 e. The third-order valence-corrected chi connectivity index (χ3v) is 6.29. The number of hydrogen-bond acceptors (Lipinski definition) is 6. The highest BCUT2D eigenvalue weighted by Crippen LogP contribution is 2.27. The number of carbonyl (C=O) groups excluding carboxylic acids is 2. The highest BCUT2D eigenvalue weighted by Gasteiger charge is 2.42. The Hall–Kier alpha value is -3.17. The first-order valence-electron chi connectivity index (χ1n) is 11.8. The lowest BCUT2D eigenvalue weighted by molar-refractivity contribution is -0.167. The van der Waals surface area contributed by atoms with E-state index in [2.05, 4.69) is 0 Å². The minimum absolute atomic E-state index is 0.0488. The van der Waals surface area contributed by atoms with E-state index in [0.29, 0.717) is 44.3 Å². The molecule has 2 heterocycles. The summed E-state index contributed by atoms with van der Waals surface area (Å²) in [5, 5.41) is 0. The number of ether oxygens (including phenoxy) is 4. The molecule has 1 atom stereocenters. The number of amides is 2. The van der Waals surface area contributed by atoms with Crippen molar-refractivity contribution in [3.63, 3.8) is 0 Å². The van der Waals surface area contributed by atoms with Gasteiger partial charge in [-0.1, -0.05) is 18.2 Å². The fraction of sp³-hybridized carbons (Fsp3) is 0.462. The van der Waals surface area contributed by atoms with Gasteiger partial charge in [0.2, 0.25) is 11.8 Å². The SMILES string of the molecule is COc1ccccc1CC(=O)N1CCO[C@@](COc2ccc(F)cc2)(CC(=O)N2CCOCC2)C1. The van der Waals surface area contributed by atoms with Gasteiger partial charge < -0.3 is 28.7 Å². The lowest BCUT2D eigenvalue weighted by Crippen LogP contribution is -2.59. The van der Waals surface area contributed by atoms with Crippen molar-refractivity contribution in [1.82, 2.24) is 9.80 Å². The molecule has 0 bridgehead atoms. The highest BCUT2D eigenvalue weighted by atomic mass is 19.1. The van der Waals surface area contributed by atoms with Crippen molar-refractivity contribution in [2.45, 2.75) is 18.4 Å². The van der Waals surface area contributed by atoms with E-state index >= 15 is 0 Å². The summed E-state index contributed by atoms with van der Waals surface area (Å²) in [7, 11) is 1.58. The Morgan fingerprint density at radius 1 is 0.971 bits per heavy atom. The molecule has 2 aromatic carbocycles. The molecule has 2 amide bonds. The van der Waals surface area contributed by atoms with Gasteiger partial charge in [0, 0.05) is 25.2 Å². The van der Waals surface area contributed by atoms with Crippen LogP contribution >= 0.6 is 0 Å². The number of nitrogens with zero attached hydrogens (tertiary/aromatic N) is 2. The van der Waals surface area contributed by atoms with Gasteiger partial charge in [-0.25, -0.2) is 4.39 Å². The number of benzene rings is 2. The van der Waals surface area contributed by atoms with E-state index in [9.17, 15) is 14.0 Å². The Morgan fingerprint density at radius 3 is 2.43 bits per heavy atom. The summed E-state index contributed by atoms with van der Waals surface area (Å²) in [6.07, 6.45) is 0.239. The smallest absolute Gasteiger partial charge is 0.227 e. The molecule has 2 saturated heterocycles. The minimum atomic E-state index is -1.03. The number of rotatable bonds is 8. The quantitative estimate of drug-likeness (QED) is 0.570. The number of para-hydroxylation sites is 1. The zero-order chi connectivity index (χ0) is 24.7. The normalized spacial score (nSPS) is 20.4. The van der Waals surface area contributed by atoms with Crippen LogP contribution in [0.4, 0.5) is 4.39 Å². The molecule has 0 radical (unpaired) electrons. The molecule has 0 unspecified atom stereocenters. The fourth-order valence-electron chi connectivity index (χ4n) is 4.37. The molecular formula is C26H31FN2O6. The van der Waals surface area contributed by atoms with Crippen molar-refractivity contribution < 1.29 is 32.9 Å². The van der Waals surface area contributed by atoms with Crippen LogP contribution in [0.1, 0.15) is 12.0 Å². The summed E-state index contributed by atoms with van der Waals surface area (Å²) >= 11 is 0. The lowest BCUT2D eigenvalue weighted by atomic mass is 9.96. The van der Waals surface area contributed by atoms with E-state index in [4.69, 9.17) is 18.9 Å². The van der Waals surface area contributed by atoms with Gasteiger partial charge in [0.05, 0.1) is 46.3 Å². The molecule has 35 heavy (non-hydrogen) atoms. The van der Waals surface area contributed by atoms with Crippen molar-refractivity contribution in [3.8, 4) is 11.5 Å². The predicted molar refractivity (Wildman–Crippen MR) is 126 cm³/mol. The molecule has 9 heteroatoms. The molecule has 0 spiro atoms. The van der Waals surface area contributed by atoms with Gasteiger partial charge in [0.25, 0.3) is 0 Å². The second-order valence-corrected chi connectivity index (χ2v) is 8.75. The number of carbonyl (C=O) groups is 2. The van der Waals surface area contributed by atoms with Crippen LogP contribution in [-0.4, -0.2) is 86.9 Å². The zero-order valence-corrected chi connectivity index (χ0v) is 19.9.